The van der Waals surface area contributed by atoms with Crippen LogP contribution < -0.4 is 4.74 Å². The highest BCUT2D eigenvalue weighted by Crippen LogP contribution is 2.34. The molecule has 1 fully saturated rings. The van der Waals surface area contributed by atoms with E-state index in [0.717, 1.165) is 27.7 Å². The van der Waals surface area contributed by atoms with Crippen molar-refractivity contribution in [1.82, 2.24) is 9.88 Å². The number of allylic oxidation sites excluding steroid dienone is 1. The second-order valence-electron chi connectivity index (χ2n) is 7.57. The van der Waals surface area contributed by atoms with E-state index in [2.05, 4.69) is 11.6 Å². The van der Waals surface area contributed by atoms with E-state index in [1.807, 2.05) is 45.9 Å². The first-order valence-corrected chi connectivity index (χ1v) is 8.90. The number of fused-ring (bicyclic) bond motifs is 1. The molecule has 1 aliphatic heterocycles. The number of likely N-dealkylation sites (tertiary alicyclic amines) is 1. The minimum atomic E-state index is -0.497. The molecule has 0 bridgehead atoms. The molecule has 0 saturated carbocycles. The molecule has 0 radical (unpaired) electrons. The molecule has 1 amide bonds. The molecule has 5 nitrogen and oxygen atoms in total. The number of carbonyl (C=O) groups excluding carboxylic acids is 1. The third-order valence-corrected chi connectivity index (χ3v) is 4.29. The zero-order valence-electron chi connectivity index (χ0n) is 15.5. The van der Waals surface area contributed by atoms with Crippen molar-refractivity contribution in [2.24, 2.45) is 0 Å². The SMILES string of the molecule is C=C(C)c1ccc(OC2CN(C(=O)OC(C)(C)C)C2)c2cnc(Cl)cc12. The topological polar surface area (TPSA) is 51.7 Å². The first-order valence-electron chi connectivity index (χ1n) is 8.53. The van der Waals surface area contributed by atoms with Gasteiger partial charge in [-0.1, -0.05) is 29.8 Å². The summed E-state index contributed by atoms with van der Waals surface area (Å²) in [6.45, 7) is 12.5. The van der Waals surface area contributed by atoms with Crippen LogP contribution in [0.25, 0.3) is 16.3 Å². The van der Waals surface area contributed by atoms with Crippen LogP contribution in [0.15, 0.2) is 31.0 Å². The third kappa shape index (κ3) is 3.93. The van der Waals surface area contributed by atoms with Crippen molar-refractivity contribution in [2.45, 2.75) is 39.4 Å². The Morgan fingerprint density at radius 1 is 1.31 bits per heavy atom. The van der Waals surface area contributed by atoms with Crippen LogP contribution in [-0.4, -0.2) is 40.8 Å². The summed E-state index contributed by atoms with van der Waals surface area (Å²) in [5, 5.41) is 2.26. The number of benzene rings is 1. The van der Waals surface area contributed by atoms with E-state index in [-0.39, 0.29) is 12.2 Å². The molecular weight excluding hydrogens is 352 g/mol. The van der Waals surface area contributed by atoms with Crippen LogP contribution in [-0.2, 0) is 4.74 Å². The first-order chi connectivity index (χ1) is 12.1. The van der Waals surface area contributed by atoms with Crippen LogP contribution >= 0.6 is 11.6 Å². The molecule has 138 valence electrons. The summed E-state index contributed by atoms with van der Waals surface area (Å²) < 4.78 is 11.4. The zero-order chi connectivity index (χ0) is 19.1. The molecule has 0 spiro atoms. The van der Waals surface area contributed by atoms with Crippen LogP contribution in [0.2, 0.25) is 5.15 Å². The molecule has 1 aromatic carbocycles. The maximum atomic E-state index is 12.0. The van der Waals surface area contributed by atoms with Crippen LogP contribution in [0, 0.1) is 0 Å². The van der Waals surface area contributed by atoms with Crippen molar-refractivity contribution in [2.75, 3.05) is 13.1 Å². The highest BCUT2D eigenvalue weighted by molar-refractivity contribution is 6.30. The normalized spacial score (nSPS) is 14.9. The average Bonchev–Trinajstić information content (AvgIpc) is 2.47. The second-order valence-corrected chi connectivity index (χ2v) is 7.96. The van der Waals surface area contributed by atoms with Gasteiger partial charge in [0.25, 0.3) is 0 Å². The van der Waals surface area contributed by atoms with Crippen LogP contribution in [0.3, 0.4) is 0 Å². The molecular formula is C20H23ClN2O3. The number of pyridine rings is 1. The zero-order valence-corrected chi connectivity index (χ0v) is 16.3. The lowest BCUT2D eigenvalue weighted by molar-refractivity contribution is -0.0217. The van der Waals surface area contributed by atoms with Crippen LogP contribution in [0.4, 0.5) is 4.79 Å². The summed E-state index contributed by atoms with van der Waals surface area (Å²) in [6, 6.07) is 5.71. The summed E-state index contributed by atoms with van der Waals surface area (Å²) in [4.78, 5) is 17.8. The Labute approximate surface area is 158 Å². The summed E-state index contributed by atoms with van der Waals surface area (Å²) in [6.07, 6.45) is 1.33. The smallest absolute Gasteiger partial charge is 0.410 e. The van der Waals surface area contributed by atoms with Crippen LogP contribution in [0.5, 0.6) is 5.75 Å². The Hall–Kier alpha value is -2.27. The molecule has 6 heteroatoms. The van der Waals surface area contributed by atoms with Gasteiger partial charge in [0.1, 0.15) is 22.6 Å². The average molecular weight is 375 g/mol. The third-order valence-electron chi connectivity index (χ3n) is 4.08. The van der Waals surface area contributed by atoms with Gasteiger partial charge in [-0.2, -0.15) is 0 Å². The summed E-state index contributed by atoms with van der Waals surface area (Å²) in [5.41, 5.74) is 1.46. The monoisotopic (exact) mass is 374 g/mol. The second kappa shape index (κ2) is 6.80. The van der Waals surface area contributed by atoms with Crippen molar-refractivity contribution < 1.29 is 14.3 Å². The fraction of sp³-hybridized carbons (Fsp3) is 0.400. The minimum absolute atomic E-state index is 0.0722. The summed E-state index contributed by atoms with van der Waals surface area (Å²) in [7, 11) is 0. The molecule has 0 N–H and O–H groups in total. The van der Waals surface area contributed by atoms with Gasteiger partial charge in [0.15, 0.2) is 0 Å². The molecule has 26 heavy (non-hydrogen) atoms. The molecule has 1 aliphatic rings. The summed E-state index contributed by atoms with van der Waals surface area (Å²) in [5.74, 6) is 0.725. The van der Waals surface area contributed by atoms with Crippen molar-refractivity contribution in [1.29, 1.82) is 0 Å². The number of hydrogen-bond acceptors (Lipinski definition) is 4. The lowest BCUT2D eigenvalue weighted by Crippen LogP contribution is -2.57. The Balaban J connectivity index is 1.74. The van der Waals surface area contributed by atoms with Gasteiger partial charge >= 0.3 is 6.09 Å². The maximum absolute atomic E-state index is 12.0. The highest BCUT2D eigenvalue weighted by atomic mass is 35.5. The number of rotatable bonds is 3. The number of aromatic nitrogens is 1. The number of nitrogens with zero attached hydrogens (tertiary/aromatic N) is 2. The highest BCUT2D eigenvalue weighted by Gasteiger charge is 2.35. The van der Waals surface area contributed by atoms with Gasteiger partial charge < -0.3 is 14.4 Å². The fourth-order valence-corrected chi connectivity index (χ4v) is 2.99. The van der Waals surface area contributed by atoms with Gasteiger partial charge in [-0.05, 0) is 50.8 Å². The molecule has 3 rings (SSSR count). The summed E-state index contributed by atoms with van der Waals surface area (Å²) >= 11 is 6.06. The van der Waals surface area contributed by atoms with E-state index in [4.69, 9.17) is 21.1 Å². The molecule has 1 saturated heterocycles. The van der Waals surface area contributed by atoms with Crippen molar-refractivity contribution in [3.05, 3.63) is 41.7 Å². The van der Waals surface area contributed by atoms with Crippen molar-refractivity contribution in [3.8, 4) is 5.75 Å². The molecule has 2 aromatic rings. The standard InChI is InChI=1S/C20H23ClN2O3/c1-12(2)14-6-7-17(16-9-22-18(21)8-15(14)16)25-13-10-23(11-13)19(24)26-20(3,4)5/h6-9,13H,1,10-11H2,2-5H3. The van der Waals surface area contributed by atoms with E-state index < -0.39 is 5.60 Å². The van der Waals surface area contributed by atoms with E-state index >= 15 is 0 Å². The molecule has 0 atom stereocenters. The first kappa shape index (κ1) is 18.5. The number of amides is 1. The van der Waals surface area contributed by atoms with E-state index in [1.54, 1.807) is 11.1 Å². The van der Waals surface area contributed by atoms with Gasteiger partial charge in [0, 0.05) is 11.6 Å². The Kier molecular flexibility index (Phi) is 4.84. The Bertz CT molecular complexity index is 867. The van der Waals surface area contributed by atoms with Crippen molar-refractivity contribution in [3.63, 3.8) is 0 Å². The predicted octanol–water partition coefficient (Wildman–Crippen LogP) is 4.92. The lowest BCUT2D eigenvalue weighted by atomic mass is 10.0. The maximum Gasteiger partial charge on any atom is 0.410 e. The van der Waals surface area contributed by atoms with Gasteiger partial charge in [0.2, 0.25) is 0 Å². The van der Waals surface area contributed by atoms with Gasteiger partial charge in [0.05, 0.1) is 13.1 Å². The number of hydrogen-bond donors (Lipinski definition) is 0. The number of halogens is 1. The number of ether oxygens (including phenoxy) is 2. The largest absolute Gasteiger partial charge is 0.486 e. The Morgan fingerprint density at radius 3 is 2.62 bits per heavy atom. The molecule has 0 aliphatic carbocycles. The molecule has 0 unspecified atom stereocenters. The van der Waals surface area contributed by atoms with Gasteiger partial charge in [-0.15, -0.1) is 0 Å². The van der Waals surface area contributed by atoms with Crippen LogP contribution in [0.1, 0.15) is 33.3 Å². The van der Waals surface area contributed by atoms with E-state index in [0.29, 0.717) is 18.2 Å². The van der Waals surface area contributed by atoms with Gasteiger partial charge in [-0.3, -0.25) is 0 Å². The van der Waals surface area contributed by atoms with E-state index in [1.165, 1.54) is 0 Å². The lowest BCUT2D eigenvalue weighted by Gasteiger charge is -2.39. The molecule has 1 aromatic heterocycles. The van der Waals surface area contributed by atoms with Crippen molar-refractivity contribution >= 4 is 34.0 Å². The predicted molar refractivity (Wildman–Crippen MR) is 104 cm³/mol. The quantitative estimate of drug-likeness (QED) is 0.715. The minimum Gasteiger partial charge on any atom is -0.486 e. The number of carbonyl (C=O) groups is 1. The van der Waals surface area contributed by atoms with Gasteiger partial charge in [-0.25, -0.2) is 9.78 Å². The van der Waals surface area contributed by atoms with E-state index in [9.17, 15) is 4.79 Å². The Morgan fingerprint density at radius 2 is 2.00 bits per heavy atom. The fourth-order valence-electron chi connectivity index (χ4n) is 2.83. The molecule has 2 heterocycles.